The predicted octanol–water partition coefficient (Wildman–Crippen LogP) is 2.19. The van der Waals surface area contributed by atoms with Gasteiger partial charge in [-0.15, -0.1) is 0 Å². The number of aromatic nitrogens is 1. The largest absolute Gasteiger partial charge is 0.463 e. The molecule has 0 saturated carbocycles. The number of nitrogens with zero attached hydrogens (tertiary/aromatic N) is 2. The van der Waals surface area contributed by atoms with Gasteiger partial charge in [-0.2, -0.15) is 0 Å². The molecule has 3 N–H and O–H groups in total. The van der Waals surface area contributed by atoms with Gasteiger partial charge in [0, 0.05) is 12.6 Å². The summed E-state index contributed by atoms with van der Waals surface area (Å²) in [6.07, 6.45) is 1.75. The number of aliphatic imine (C=N–C) groups is 1. The zero-order valence-corrected chi connectivity index (χ0v) is 13.7. The number of ether oxygens (including phenoxy) is 1. The van der Waals surface area contributed by atoms with Crippen molar-refractivity contribution in [2.45, 2.75) is 32.7 Å². The van der Waals surface area contributed by atoms with Crippen LogP contribution in [0.1, 0.15) is 34.1 Å². The van der Waals surface area contributed by atoms with Crippen LogP contribution in [-0.2, 0) is 11.2 Å². The number of benzene rings is 1. The molecule has 1 amide bonds. The van der Waals surface area contributed by atoms with E-state index >= 15 is 0 Å². The number of hydrogen-bond donors (Lipinski definition) is 2. The van der Waals surface area contributed by atoms with Gasteiger partial charge >= 0.3 is 0 Å². The molecule has 7 nitrogen and oxygen atoms in total. The lowest BCUT2D eigenvalue weighted by molar-refractivity contribution is 0.0994. The van der Waals surface area contributed by atoms with Gasteiger partial charge in [-0.25, -0.2) is 9.98 Å². The van der Waals surface area contributed by atoms with E-state index in [1.54, 1.807) is 13.8 Å². The number of nitrogens with one attached hydrogen (secondary N) is 1. The standard InChI is InChI=1S/C17H20N4O3/c1-10-15(24-11(2)19-10)16(22)20-13-6-3-12(4-7-13)5-8-14-9-23-17(18)21-14/h3-4,6-7,14H,5,8-9H2,1-2H3,(H2,18,21)(H,20,22). The first-order chi connectivity index (χ1) is 11.5. The van der Waals surface area contributed by atoms with Crippen molar-refractivity contribution in [3.8, 4) is 0 Å². The fourth-order valence-electron chi connectivity index (χ4n) is 2.60. The number of nitrogens with two attached hydrogens (primary N) is 1. The molecule has 0 radical (unpaired) electrons. The van der Waals surface area contributed by atoms with Crippen molar-refractivity contribution in [2.24, 2.45) is 10.7 Å². The Morgan fingerprint density at radius 1 is 1.33 bits per heavy atom. The van der Waals surface area contributed by atoms with Crippen molar-refractivity contribution in [3.63, 3.8) is 0 Å². The first-order valence-corrected chi connectivity index (χ1v) is 7.81. The maximum absolute atomic E-state index is 12.2. The summed E-state index contributed by atoms with van der Waals surface area (Å²) in [4.78, 5) is 20.5. The second-order valence-electron chi connectivity index (χ2n) is 5.77. The number of carbonyl (C=O) groups excluding carboxylic acids is 1. The molecular formula is C17H20N4O3. The first kappa shape index (κ1) is 16.0. The number of aryl methyl sites for hydroxylation is 3. The summed E-state index contributed by atoms with van der Waals surface area (Å²) in [5.41, 5.74) is 7.96. The molecule has 0 saturated heterocycles. The van der Waals surface area contributed by atoms with Gasteiger partial charge < -0.3 is 20.2 Å². The maximum atomic E-state index is 12.2. The first-order valence-electron chi connectivity index (χ1n) is 7.81. The quantitative estimate of drug-likeness (QED) is 0.876. The second kappa shape index (κ2) is 6.74. The summed E-state index contributed by atoms with van der Waals surface area (Å²) in [6, 6.07) is 8.11. The summed E-state index contributed by atoms with van der Waals surface area (Å²) in [5, 5.41) is 2.81. The molecule has 1 aliphatic rings. The molecule has 1 aromatic carbocycles. The van der Waals surface area contributed by atoms with Crippen LogP contribution in [0.3, 0.4) is 0 Å². The monoisotopic (exact) mass is 328 g/mol. The summed E-state index contributed by atoms with van der Waals surface area (Å²) in [6.45, 7) is 4.01. The Bertz CT molecular complexity index is 765. The van der Waals surface area contributed by atoms with Crippen LogP contribution in [0.5, 0.6) is 0 Å². The Balaban J connectivity index is 1.56. The molecule has 0 bridgehead atoms. The highest BCUT2D eigenvalue weighted by atomic mass is 16.5. The molecule has 3 rings (SSSR count). The molecule has 1 aromatic heterocycles. The van der Waals surface area contributed by atoms with E-state index in [0.29, 0.717) is 23.9 Å². The van der Waals surface area contributed by atoms with Gasteiger partial charge in [0.05, 0.1) is 11.7 Å². The second-order valence-corrected chi connectivity index (χ2v) is 5.77. The SMILES string of the molecule is Cc1nc(C)c(C(=O)Nc2ccc(CCC3COC(N)=N3)cc2)o1. The fraction of sp³-hybridized carbons (Fsp3) is 0.353. The number of hydrogen-bond acceptors (Lipinski definition) is 6. The van der Waals surface area contributed by atoms with Crippen molar-refractivity contribution >= 4 is 17.6 Å². The van der Waals surface area contributed by atoms with Crippen LogP contribution in [-0.4, -0.2) is 29.6 Å². The van der Waals surface area contributed by atoms with Crippen molar-refractivity contribution in [1.82, 2.24) is 4.98 Å². The molecule has 1 atom stereocenters. The number of oxazole rings is 1. The van der Waals surface area contributed by atoms with E-state index in [1.165, 1.54) is 5.56 Å². The molecule has 1 aliphatic heterocycles. The van der Waals surface area contributed by atoms with Crippen LogP contribution in [0, 0.1) is 13.8 Å². The fourth-order valence-corrected chi connectivity index (χ4v) is 2.60. The van der Waals surface area contributed by atoms with Crippen molar-refractivity contribution in [2.75, 3.05) is 11.9 Å². The smallest absolute Gasteiger partial charge is 0.293 e. The third kappa shape index (κ3) is 3.73. The zero-order chi connectivity index (χ0) is 17.1. The van der Waals surface area contributed by atoms with Crippen LogP contribution in [0.4, 0.5) is 5.69 Å². The Morgan fingerprint density at radius 2 is 2.08 bits per heavy atom. The van der Waals surface area contributed by atoms with Crippen LogP contribution in [0.2, 0.25) is 0 Å². The van der Waals surface area contributed by atoms with Gasteiger partial charge in [0.15, 0.2) is 5.89 Å². The van der Waals surface area contributed by atoms with Crippen LogP contribution in [0.15, 0.2) is 33.7 Å². The van der Waals surface area contributed by atoms with Gasteiger partial charge in [0.2, 0.25) is 5.76 Å². The lowest BCUT2D eigenvalue weighted by Gasteiger charge is -2.07. The lowest BCUT2D eigenvalue weighted by atomic mass is 10.1. The van der Waals surface area contributed by atoms with E-state index in [4.69, 9.17) is 14.9 Å². The minimum absolute atomic E-state index is 0.127. The van der Waals surface area contributed by atoms with Gasteiger partial charge in [0.25, 0.3) is 11.9 Å². The maximum Gasteiger partial charge on any atom is 0.293 e. The van der Waals surface area contributed by atoms with Crippen LogP contribution < -0.4 is 11.1 Å². The highest BCUT2D eigenvalue weighted by Gasteiger charge is 2.17. The van der Waals surface area contributed by atoms with Crippen molar-refractivity contribution in [1.29, 1.82) is 0 Å². The third-order valence-electron chi connectivity index (χ3n) is 3.82. The number of carbonyl (C=O) groups is 1. The van der Waals surface area contributed by atoms with E-state index < -0.39 is 0 Å². The highest BCUT2D eigenvalue weighted by Crippen LogP contribution is 2.16. The number of amides is 1. The van der Waals surface area contributed by atoms with Gasteiger partial charge in [0.1, 0.15) is 6.61 Å². The topological polar surface area (TPSA) is 103 Å². The van der Waals surface area contributed by atoms with E-state index in [1.807, 2.05) is 24.3 Å². The van der Waals surface area contributed by atoms with Crippen molar-refractivity contribution in [3.05, 3.63) is 47.2 Å². The molecule has 2 aromatic rings. The predicted molar refractivity (Wildman–Crippen MR) is 90.1 cm³/mol. The Labute approximate surface area is 139 Å². The van der Waals surface area contributed by atoms with E-state index in [2.05, 4.69) is 15.3 Å². The molecule has 7 heteroatoms. The van der Waals surface area contributed by atoms with Crippen LogP contribution in [0.25, 0.3) is 0 Å². The summed E-state index contributed by atoms with van der Waals surface area (Å²) in [7, 11) is 0. The van der Waals surface area contributed by atoms with E-state index in [-0.39, 0.29) is 23.7 Å². The van der Waals surface area contributed by atoms with Crippen LogP contribution >= 0.6 is 0 Å². The Hall–Kier alpha value is -2.83. The Kier molecular flexibility index (Phi) is 4.50. The van der Waals surface area contributed by atoms with Gasteiger partial charge in [-0.1, -0.05) is 12.1 Å². The average molecular weight is 328 g/mol. The highest BCUT2D eigenvalue weighted by molar-refractivity contribution is 6.02. The minimum atomic E-state index is -0.297. The molecule has 0 spiro atoms. The summed E-state index contributed by atoms with van der Waals surface area (Å²) < 4.78 is 10.5. The van der Waals surface area contributed by atoms with Crippen molar-refractivity contribution < 1.29 is 13.9 Å². The zero-order valence-electron chi connectivity index (χ0n) is 13.7. The van der Waals surface area contributed by atoms with E-state index in [9.17, 15) is 4.79 Å². The van der Waals surface area contributed by atoms with Gasteiger partial charge in [-0.05, 0) is 37.5 Å². The number of anilines is 1. The lowest BCUT2D eigenvalue weighted by Crippen LogP contribution is -2.12. The molecule has 1 unspecified atom stereocenters. The molecule has 0 aliphatic carbocycles. The molecule has 2 heterocycles. The molecule has 126 valence electrons. The third-order valence-corrected chi connectivity index (χ3v) is 3.82. The molecule has 24 heavy (non-hydrogen) atoms. The summed E-state index contributed by atoms with van der Waals surface area (Å²) >= 11 is 0. The average Bonchev–Trinajstić information content (AvgIpc) is 3.11. The molecular weight excluding hydrogens is 308 g/mol. The minimum Gasteiger partial charge on any atom is -0.463 e. The number of amidine groups is 1. The van der Waals surface area contributed by atoms with E-state index in [0.717, 1.165) is 12.8 Å². The normalized spacial score (nSPS) is 16.6. The number of rotatable bonds is 5. The summed E-state index contributed by atoms with van der Waals surface area (Å²) in [5.74, 6) is 0.425. The molecule has 0 fully saturated rings. The van der Waals surface area contributed by atoms with Gasteiger partial charge in [-0.3, -0.25) is 4.79 Å². The Morgan fingerprint density at radius 3 is 2.67 bits per heavy atom.